The van der Waals surface area contributed by atoms with Gasteiger partial charge < -0.3 is 0 Å². The molecule has 0 amide bonds. The minimum absolute atomic E-state index is 0.0263. The summed E-state index contributed by atoms with van der Waals surface area (Å²) >= 11 is 4.99. The lowest BCUT2D eigenvalue weighted by molar-refractivity contribution is -0.386. The maximum absolute atomic E-state index is 10.7. The number of rotatable bonds is 2. The predicted molar refractivity (Wildman–Crippen MR) is 62.8 cm³/mol. The molecule has 0 bridgehead atoms. The molecule has 0 aliphatic rings. The summed E-state index contributed by atoms with van der Waals surface area (Å²) in [5.41, 5.74) is 0.710. The Balaban J connectivity index is 3.35. The highest BCUT2D eigenvalue weighted by Crippen LogP contribution is 2.32. The van der Waals surface area contributed by atoms with Crippen molar-refractivity contribution < 1.29 is 4.92 Å². The van der Waals surface area contributed by atoms with Gasteiger partial charge in [0.25, 0.3) is 5.69 Å². The molecule has 4 nitrogen and oxygen atoms in total. The Labute approximate surface area is 102 Å². The van der Waals surface area contributed by atoms with Crippen molar-refractivity contribution >= 4 is 44.2 Å². The lowest BCUT2D eigenvalue weighted by Gasteiger charge is -2.02. The smallest absolute Gasteiger partial charge is 0.258 e. The highest BCUT2D eigenvalue weighted by molar-refractivity contribution is 14.1. The van der Waals surface area contributed by atoms with E-state index in [2.05, 4.69) is 15.9 Å². The van der Waals surface area contributed by atoms with Crippen LogP contribution in [0, 0.1) is 25.0 Å². The van der Waals surface area contributed by atoms with Gasteiger partial charge in [0.1, 0.15) is 0 Å². The summed E-state index contributed by atoms with van der Waals surface area (Å²) in [5.74, 6) is 0. The van der Waals surface area contributed by atoms with Crippen molar-refractivity contribution in [2.24, 2.45) is 0 Å². The molecule has 0 saturated heterocycles. The molecule has 0 aliphatic heterocycles. The van der Waals surface area contributed by atoms with Crippen LogP contribution in [-0.4, -0.2) is 4.92 Å². The van der Waals surface area contributed by atoms with E-state index in [1.165, 1.54) is 0 Å². The lowest BCUT2D eigenvalue weighted by Crippen LogP contribution is -1.97. The van der Waals surface area contributed by atoms with Crippen molar-refractivity contribution in [3.63, 3.8) is 0 Å². The first-order valence-corrected chi connectivity index (χ1v) is 5.43. The molecule has 1 aromatic rings. The number of benzene rings is 1. The zero-order valence-electron chi connectivity index (χ0n) is 6.83. The van der Waals surface area contributed by atoms with Crippen LogP contribution in [0.4, 0.5) is 5.69 Å². The molecule has 0 aliphatic carbocycles. The van der Waals surface area contributed by atoms with Gasteiger partial charge in [0.05, 0.1) is 25.5 Å². The summed E-state index contributed by atoms with van der Waals surface area (Å²) in [6, 6.07) is 5.27. The molecule has 0 saturated carbocycles. The van der Waals surface area contributed by atoms with E-state index >= 15 is 0 Å². The molecule has 0 heterocycles. The fraction of sp³-hybridized carbons (Fsp3) is 0.125. The van der Waals surface area contributed by atoms with Crippen LogP contribution < -0.4 is 0 Å². The Hall–Kier alpha value is -0.680. The van der Waals surface area contributed by atoms with Crippen LogP contribution in [0.5, 0.6) is 0 Å². The molecule has 1 rings (SSSR count). The topological polar surface area (TPSA) is 66.9 Å². The molecule has 0 radical (unpaired) electrons. The highest BCUT2D eigenvalue weighted by atomic mass is 127. The first-order chi connectivity index (χ1) is 6.57. The van der Waals surface area contributed by atoms with Crippen molar-refractivity contribution in [3.05, 3.63) is 35.9 Å². The normalized spacial score (nSPS) is 9.50. The Morgan fingerprint density at radius 3 is 2.79 bits per heavy atom. The number of nitriles is 1. The average Bonchev–Trinajstić information content (AvgIpc) is 2.10. The number of nitro benzene ring substituents is 1. The second-order valence-corrected chi connectivity index (χ2v) is 4.39. The molecule has 0 spiro atoms. The minimum Gasteiger partial charge on any atom is -0.258 e. The van der Waals surface area contributed by atoms with Crippen LogP contribution in [-0.2, 0) is 6.42 Å². The monoisotopic (exact) mass is 366 g/mol. The zero-order valence-corrected chi connectivity index (χ0v) is 10.6. The summed E-state index contributed by atoms with van der Waals surface area (Å²) < 4.78 is 0.956. The molecule has 0 aromatic heterocycles. The Kier molecular flexibility index (Phi) is 3.83. The van der Waals surface area contributed by atoms with Gasteiger partial charge in [0.15, 0.2) is 0 Å². The molecule has 6 heteroatoms. The predicted octanol–water partition coefficient (Wildman–Crippen LogP) is 3.03. The molecule has 72 valence electrons. The van der Waals surface area contributed by atoms with E-state index in [1.54, 1.807) is 12.1 Å². The van der Waals surface area contributed by atoms with Gasteiger partial charge in [0, 0.05) is 0 Å². The van der Waals surface area contributed by atoms with E-state index in [4.69, 9.17) is 5.26 Å². The van der Waals surface area contributed by atoms with E-state index in [1.807, 2.05) is 28.7 Å². The number of halogens is 2. The maximum Gasteiger partial charge on any atom is 0.297 e. The maximum atomic E-state index is 10.7. The van der Waals surface area contributed by atoms with E-state index < -0.39 is 4.92 Å². The van der Waals surface area contributed by atoms with Gasteiger partial charge in [0.2, 0.25) is 0 Å². The number of hydrogen-bond acceptors (Lipinski definition) is 3. The number of nitrogens with zero attached hydrogens (tertiary/aromatic N) is 2. The molecule has 0 unspecified atom stereocenters. The van der Waals surface area contributed by atoms with E-state index in [0.29, 0.717) is 13.6 Å². The molecule has 0 atom stereocenters. The van der Waals surface area contributed by atoms with Gasteiger partial charge in [-0.25, -0.2) is 0 Å². The summed E-state index contributed by atoms with van der Waals surface area (Å²) in [4.78, 5) is 10.2. The molecule has 14 heavy (non-hydrogen) atoms. The van der Waals surface area contributed by atoms with Gasteiger partial charge in [-0.15, -0.1) is 0 Å². The third-order valence-corrected chi connectivity index (χ3v) is 3.44. The minimum atomic E-state index is -0.452. The third-order valence-electron chi connectivity index (χ3n) is 1.60. The van der Waals surface area contributed by atoms with Gasteiger partial charge >= 0.3 is 0 Å². The molecule has 0 N–H and O–H groups in total. The Morgan fingerprint density at radius 2 is 2.29 bits per heavy atom. The van der Waals surface area contributed by atoms with Crippen LogP contribution in [0.15, 0.2) is 16.6 Å². The molecule has 1 aromatic carbocycles. The standard InChI is InChI=1S/C8H4BrIN2O2/c9-6-2-1-5(3-4-11)7(10)8(6)12(13)14/h1-2H,3H2. The fourth-order valence-electron chi connectivity index (χ4n) is 0.972. The molecule has 0 fully saturated rings. The molecular weight excluding hydrogens is 363 g/mol. The van der Waals surface area contributed by atoms with Crippen LogP contribution in [0.25, 0.3) is 0 Å². The second-order valence-electron chi connectivity index (χ2n) is 2.46. The lowest BCUT2D eigenvalue weighted by atomic mass is 10.1. The van der Waals surface area contributed by atoms with Gasteiger partial charge in [-0.1, -0.05) is 6.07 Å². The fourth-order valence-corrected chi connectivity index (χ4v) is 2.68. The van der Waals surface area contributed by atoms with Crippen LogP contribution >= 0.6 is 38.5 Å². The molecular formula is C8H4BrIN2O2. The van der Waals surface area contributed by atoms with E-state index in [0.717, 1.165) is 0 Å². The van der Waals surface area contributed by atoms with Crippen molar-refractivity contribution in [3.8, 4) is 6.07 Å². The van der Waals surface area contributed by atoms with Crippen LogP contribution in [0.2, 0.25) is 0 Å². The number of nitro groups is 1. The van der Waals surface area contributed by atoms with E-state index in [9.17, 15) is 10.1 Å². The van der Waals surface area contributed by atoms with Crippen molar-refractivity contribution in [2.45, 2.75) is 6.42 Å². The third kappa shape index (κ3) is 2.22. The highest BCUT2D eigenvalue weighted by Gasteiger charge is 2.19. The largest absolute Gasteiger partial charge is 0.297 e. The van der Waals surface area contributed by atoms with Gasteiger partial charge in [-0.05, 0) is 50.2 Å². The quantitative estimate of drug-likeness (QED) is 0.459. The van der Waals surface area contributed by atoms with Gasteiger partial charge in [-0.2, -0.15) is 5.26 Å². The van der Waals surface area contributed by atoms with Crippen LogP contribution in [0.1, 0.15) is 5.56 Å². The second kappa shape index (κ2) is 4.70. The van der Waals surface area contributed by atoms with Gasteiger partial charge in [-0.3, -0.25) is 10.1 Å². The van der Waals surface area contributed by atoms with E-state index in [-0.39, 0.29) is 12.1 Å². The summed E-state index contributed by atoms with van der Waals surface area (Å²) in [7, 11) is 0. The summed E-state index contributed by atoms with van der Waals surface area (Å²) in [5, 5.41) is 19.2. The van der Waals surface area contributed by atoms with Crippen LogP contribution in [0.3, 0.4) is 0 Å². The summed E-state index contributed by atoms with van der Waals surface area (Å²) in [6.07, 6.45) is 0.187. The van der Waals surface area contributed by atoms with Crippen molar-refractivity contribution in [1.29, 1.82) is 5.26 Å². The first-order valence-electron chi connectivity index (χ1n) is 3.56. The summed E-state index contributed by atoms with van der Waals surface area (Å²) in [6.45, 7) is 0. The van der Waals surface area contributed by atoms with Crippen molar-refractivity contribution in [1.82, 2.24) is 0 Å². The first kappa shape index (κ1) is 11.4. The Bertz CT molecular complexity index is 428. The van der Waals surface area contributed by atoms with Crippen molar-refractivity contribution in [2.75, 3.05) is 0 Å². The Morgan fingerprint density at radius 1 is 1.64 bits per heavy atom. The average molecular weight is 367 g/mol. The number of hydrogen-bond donors (Lipinski definition) is 0. The zero-order chi connectivity index (χ0) is 10.7. The SMILES string of the molecule is N#CCc1ccc(Br)c([N+](=O)[O-])c1I.